The van der Waals surface area contributed by atoms with Crippen molar-refractivity contribution >= 4 is 40.6 Å². The van der Waals surface area contributed by atoms with Crippen LogP contribution in [0.4, 0.5) is 17.1 Å². The molecule has 4 aromatic rings. The predicted molar refractivity (Wildman–Crippen MR) is 153 cm³/mol. The molecule has 1 amide bonds. The van der Waals surface area contributed by atoms with E-state index in [1.54, 1.807) is 49.4 Å². The average molecular weight is 572 g/mol. The monoisotopic (exact) mass is 571 g/mol. The molecule has 12 heteroatoms. The van der Waals surface area contributed by atoms with Crippen LogP contribution in [0.25, 0.3) is 11.8 Å². The molecule has 11 nitrogen and oxygen atoms in total. The Bertz CT molecular complexity index is 1770. The minimum atomic E-state index is -0.746. The fourth-order valence-corrected chi connectivity index (χ4v) is 4.38. The maximum atomic E-state index is 12.8. The molecule has 0 aliphatic carbocycles. The van der Waals surface area contributed by atoms with Crippen LogP contribution in [0.1, 0.15) is 22.5 Å². The van der Waals surface area contributed by atoms with Crippen LogP contribution in [0.15, 0.2) is 72.3 Å². The van der Waals surface area contributed by atoms with E-state index in [4.69, 9.17) is 16.3 Å². The molecule has 0 radical (unpaired) electrons. The highest BCUT2D eigenvalue weighted by molar-refractivity contribution is 6.31. The molecule has 41 heavy (non-hydrogen) atoms. The Balaban J connectivity index is 1.58. The number of nitrogens with one attached hydrogen (secondary N) is 1. The molecular formula is C29H22ClN5O6. The molecule has 0 saturated heterocycles. The van der Waals surface area contributed by atoms with Crippen LogP contribution in [0.2, 0.25) is 5.02 Å². The van der Waals surface area contributed by atoms with E-state index in [2.05, 4.69) is 5.32 Å². The SMILES string of the molecule is Cc1c(Cl)cccc1NC(=O)/C(C#N)=C\c1cc(C)n(-c2ccc(Oc3ccc([N+](=O)[O-])cc3[N+](=O)[O-])cc2)c1C. The summed E-state index contributed by atoms with van der Waals surface area (Å²) in [5.41, 5.74) is 3.17. The van der Waals surface area contributed by atoms with E-state index in [-0.39, 0.29) is 17.1 Å². The first-order valence-corrected chi connectivity index (χ1v) is 12.5. The van der Waals surface area contributed by atoms with Crippen molar-refractivity contribution in [1.29, 1.82) is 5.26 Å². The summed E-state index contributed by atoms with van der Waals surface area (Å²) in [5.74, 6) is -0.415. The first-order valence-electron chi connectivity index (χ1n) is 12.1. The summed E-state index contributed by atoms with van der Waals surface area (Å²) in [4.78, 5) is 33.8. The van der Waals surface area contributed by atoms with Gasteiger partial charge in [0, 0.05) is 33.9 Å². The highest BCUT2D eigenvalue weighted by atomic mass is 35.5. The minimum absolute atomic E-state index is 0.0851. The lowest BCUT2D eigenvalue weighted by molar-refractivity contribution is -0.394. The van der Waals surface area contributed by atoms with Gasteiger partial charge in [0.1, 0.15) is 17.4 Å². The second-order valence-corrected chi connectivity index (χ2v) is 9.37. The van der Waals surface area contributed by atoms with Crippen LogP contribution in [0.5, 0.6) is 11.5 Å². The predicted octanol–water partition coefficient (Wildman–Crippen LogP) is 7.21. The number of hydrogen-bond acceptors (Lipinski definition) is 7. The van der Waals surface area contributed by atoms with Crippen molar-refractivity contribution < 1.29 is 19.4 Å². The number of carbonyl (C=O) groups is 1. The van der Waals surface area contributed by atoms with E-state index < -0.39 is 27.1 Å². The first kappa shape index (κ1) is 28.5. The largest absolute Gasteiger partial charge is 0.450 e. The van der Waals surface area contributed by atoms with E-state index in [0.29, 0.717) is 21.8 Å². The van der Waals surface area contributed by atoms with Gasteiger partial charge >= 0.3 is 5.69 Å². The van der Waals surface area contributed by atoms with E-state index in [0.717, 1.165) is 29.2 Å². The number of nitro groups is 2. The molecule has 1 N–H and O–H groups in total. The third-order valence-corrected chi connectivity index (χ3v) is 6.73. The molecule has 0 bridgehead atoms. The maximum absolute atomic E-state index is 12.8. The van der Waals surface area contributed by atoms with Gasteiger partial charge in [0.25, 0.3) is 11.6 Å². The number of hydrogen-bond donors (Lipinski definition) is 1. The van der Waals surface area contributed by atoms with Gasteiger partial charge < -0.3 is 14.6 Å². The molecule has 4 rings (SSSR count). The summed E-state index contributed by atoms with van der Waals surface area (Å²) in [5, 5.41) is 35.3. The van der Waals surface area contributed by atoms with Gasteiger partial charge in [0.05, 0.1) is 15.9 Å². The third-order valence-electron chi connectivity index (χ3n) is 6.32. The molecule has 1 heterocycles. The highest BCUT2D eigenvalue weighted by Crippen LogP contribution is 2.35. The number of benzene rings is 3. The van der Waals surface area contributed by atoms with E-state index in [9.17, 15) is 30.3 Å². The van der Waals surface area contributed by atoms with Gasteiger partial charge in [-0.1, -0.05) is 17.7 Å². The molecule has 1 aromatic heterocycles. The van der Waals surface area contributed by atoms with Gasteiger partial charge in [0.2, 0.25) is 5.75 Å². The molecule has 0 saturated carbocycles. The topological polar surface area (TPSA) is 153 Å². The number of anilines is 1. The molecular weight excluding hydrogens is 550 g/mol. The zero-order valence-corrected chi connectivity index (χ0v) is 22.8. The lowest BCUT2D eigenvalue weighted by Crippen LogP contribution is -2.14. The van der Waals surface area contributed by atoms with Crippen LogP contribution in [0.3, 0.4) is 0 Å². The summed E-state index contributed by atoms with van der Waals surface area (Å²) in [7, 11) is 0. The maximum Gasteiger partial charge on any atom is 0.318 e. The van der Waals surface area contributed by atoms with Gasteiger partial charge in [0.15, 0.2) is 0 Å². The van der Waals surface area contributed by atoms with Crippen molar-refractivity contribution in [3.8, 4) is 23.3 Å². The Labute approximate surface area is 239 Å². The summed E-state index contributed by atoms with van der Waals surface area (Å²) in [6, 6.07) is 18.8. The fourth-order valence-electron chi connectivity index (χ4n) is 4.21. The molecule has 0 spiro atoms. The number of nitriles is 1. The van der Waals surface area contributed by atoms with Crippen LogP contribution in [-0.4, -0.2) is 20.3 Å². The van der Waals surface area contributed by atoms with Crippen LogP contribution >= 0.6 is 11.6 Å². The standard InChI is InChI=1S/C29H22ClN5O6/c1-17-13-20(14-21(16-31)29(36)32-26-6-4-5-25(30)18(26)2)19(3)33(17)22-7-10-24(11-8-22)41-28-12-9-23(34(37)38)15-27(28)35(39)40/h4-15H,1-3H3,(H,32,36)/b21-14-. The number of amides is 1. The third kappa shape index (κ3) is 6.08. The van der Waals surface area contributed by atoms with Crippen molar-refractivity contribution in [2.45, 2.75) is 20.8 Å². The Morgan fingerprint density at radius 2 is 1.73 bits per heavy atom. The second-order valence-electron chi connectivity index (χ2n) is 8.96. The molecule has 0 unspecified atom stereocenters. The first-order chi connectivity index (χ1) is 19.5. The second kappa shape index (κ2) is 11.7. The number of non-ortho nitro benzene ring substituents is 1. The minimum Gasteiger partial charge on any atom is -0.450 e. The van der Waals surface area contributed by atoms with Crippen molar-refractivity contribution in [2.24, 2.45) is 0 Å². The Hall–Kier alpha value is -5.47. The van der Waals surface area contributed by atoms with Crippen molar-refractivity contribution in [1.82, 2.24) is 4.57 Å². The molecule has 0 fully saturated rings. The van der Waals surface area contributed by atoms with E-state index >= 15 is 0 Å². The summed E-state index contributed by atoms with van der Waals surface area (Å²) in [6.45, 7) is 5.48. The molecule has 0 aliphatic rings. The van der Waals surface area contributed by atoms with Crippen LogP contribution < -0.4 is 10.1 Å². The fraction of sp³-hybridized carbons (Fsp3) is 0.103. The number of ether oxygens (including phenoxy) is 1. The van der Waals surface area contributed by atoms with Gasteiger partial charge in [-0.15, -0.1) is 0 Å². The number of carbonyl (C=O) groups excluding carboxylic acids is 1. The number of halogens is 1. The van der Waals surface area contributed by atoms with Gasteiger partial charge in [-0.2, -0.15) is 5.26 Å². The van der Waals surface area contributed by atoms with Crippen molar-refractivity contribution in [2.75, 3.05) is 5.32 Å². The Morgan fingerprint density at radius 1 is 1.02 bits per heavy atom. The Morgan fingerprint density at radius 3 is 2.37 bits per heavy atom. The van der Waals surface area contributed by atoms with E-state index in [1.807, 2.05) is 30.6 Å². The lowest BCUT2D eigenvalue weighted by Gasteiger charge is -2.12. The molecule has 206 valence electrons. The number of nitrogens with zero attached hydrogens (tertiary/aromatic N) is 4. The number of aryl methyl sites for hydroxylation is 1. The number of rotatable bonds is 8. The lowest BCUT2D eigenvalue weighted by atomic mass is 10.1. The van der Waals surface area contributed by atoms with Crippen LogP contribution in [-0.2, 0) is 4.79 Å². The van der Waals surface area contributed by atoms with Crippen molar-refractivity contribution in [3.05, 3.63) is 120 Å². The summed E-state index contributed by atoms with van der Waals surface area (Å²) < 4.78 is 7.56. The summed E-state index contributed by atoms with van der Waals surface area (Å²) in [6.07, 6.45) is 1.51. The van der Waals surface area contributed by atoms with Crippen LogP contribution in [0, 0.1) is 52.3 Å². The normalized spacial score (nSPS) is 11.0. The zero-order chi connectivity index (χ0) is 29.8. The van der Waals surface area contributed by atoms with Gasteiger partial charge in [-0.25, -0.2) is 0 Å². The van der Waals surface area contributed by atoms with E-state index in [1.165, 1.54) is 12.1 Å². The van der Waals surface area contributed by atoms with Gasteiger partial charge in [-0.3, -0.25) is 25.0 Å². The smallest absolute Gasteiger partial charge is 0.318 e. The van der Waals surface area contributed by atoms with Gasteiger partial charge in [-0.05, 0) is 86.5 Å². The van der Waals surface area contributed by atoms with Crippen molar-refractivity contribution in [3.63, 3.8) is 0 Å². The zero-order valence-electron chi connectivity index (χ0n) is 22.0. The number of nitro benzene ring substituents is 2. The average Bonchev–Trinajstić information content (AvgIpc) is 3.22. The quantitative estimate of drug-likeness (QED) is 0.101. The molecule has 3 aromatic carbocycles. The molecule has 0 atom stereocenters. The Kier molecular flexibility index (Phi) is 8.16. The summed E-state index contributed by atoms with van der Waals surface area (Å²) >= 11 is 6.13. The molecule has 0 aliphatic heterocycles. The highest BCUT2D eigenvalue weighted by Gasteiger charge is 2.21. The number of aromatic nitrogens is 1.